The Morgan fingerprint density at radius 2 is 1.30 bits per heavy atom. The van der Waals surface area contributed by atoms with Crippen LogP contribution in [0, 0.1) is 0 Å². The number of amides is 2. The van der Waals surface area contributed by atoms with Crippen LogP contribution in [0.2, 0.25) is 0 Å². The van der Waals surface area contributed by atoms with E-state index in [9.17, 15) is 9.59 Å². The lowest BCUT2D eigenvalue weighted by atomic mass is 9.80. The van der Waals surface area contributed by atoms with Crippen LogP contribution >= 0.6 is 0 Å². The fourth-order valence-corrected chi connectivity index (χ4v) is 8.94. The molecule has 0 aromatic heterocycles. The summed E-state index contributed by atoms with van der Waals surface area (Å²) >= 11 is 0. The standard InChI is InChI=1S/C51H57N5O4/c1-50(2)41-33-37(48(57)52-29-31-59-7)21-25-43(41)54(5)45(50)27-23-35-19-20-36(47(35)56(39-15-11-9-12-16-39)40-17-13-10-14-18-40)24-28-46-51(3,4)42-34-38(22-26-44(42)55(46)6)49(58)53-30-32-60-8/h9-18,21-28,33-34H,19-20,29-32H2,1-8H3,(H-,52,53,57,58)/p+1. The topological polar surface area (TPSA) is 86.2 Å². The minimum atomic E-state index is -0.345. The lowest BCUT2D eigenvalue weighted by Crippen LogP contribution is -2.28. The average Bonchev–Trinajstić information content (AvgIpc) is 3.80. The van der Waals surface area contributed by atoms with Crippen molar-refractivity contribution in [3.05, 3.63) is 166 Å². The van der Waals surface area contributed by atoms with Gasteiger partial charge in [0, 0.05) is 91.4 Å². The summed E-state index contributed by atoms with van der Waals surface area (Å²) in [6.07, 6.45) is 10.9. The van der Waals surface area contributed by atoms with E-state index in [0.717, 1.165) is 63.8 Å². The summed E-state index contributed by atoms with van der Waals surface area (Å²) in [5.41, 5.74) is 13.2. The molecular formula is C51H58N5O4+. The third kappa shape index (κ3) is 8.12. The van der Waals surface area contributed by atoms with Gasteiger partial charge in [0.05, 0.1) is 24.3 Å². The van der Waals surface area contributed by atoms with Gasteiger partial charge in [-0.15, -0.1) is 0 Å². The van der Waals surface area contributed by atoms with Gasteiger partial charge < -0.3 is 29.9 Å². The molecule has 4 aromatic carbocycles. The van der Waals surface area contributed by atoms with Gasteiger partial charge in [0.1, 0.15) is 7.05 Å². The van der Waals surface area contributed by atoms with Crippen molar-refractivity contribution in [2.24, 2.45) is 0 Å². The number of carbonyl (C=O) groups excluding carboxylic acids is 2. The highest BCUT2D eigenvalue weighted by molar-refractivity contribution is 6.04. The van der Waals surface area contributed by atoms with Crippen LogP contribution in [0.3, 0.4) is 0 Å². The number of para-hydroxylation sites is 2. The Labute approximate surface area is 355 Å². The van der Waals surface area contributed by atoms with E-state index in [4.69, 9.17) is 9.47 Å². The largest absolute Gasteiger partial charge is 0.383 e. The molecule has 2 heterocycles. The zero-order chi connectivity index (χ0) is 42.6. The monoisotopic (exact) mass is 804 g/mol. The maximum absolute atomic E-state index is 13.0. The Morgan fingerprint density at radius 3 is 1.88 bits per heavy atom. The average molecular weight is 805 g/mol. The van der Waals surface area contributed by atoms with Gasteiger partial charge in [0.25, 0.3) is 11.8 Å². The second-order valence-electron chi connectivity index (χ2n) is 16.7. The number of anilines is 3. The maximum Gasteiger partial charge on any atom is 0.251 e. The summed E-state index contributed by atoms with van der Waals surface area (Å²) in [6, 6.07) is 33.2. The van der Waals surface area contributed by atoms with Gasteiger partial charge in [-0.1, -0.05) is 62.4 Å². The smallest absolute Gasteiger partial charge is 0.251 e. The van der Waals surface area contributed by atoms with Crippen LogP contribution in [-0.4, -0.2) is 76.7 Å². The summed E-state index contributed by atoms with van der Waals surface area (Å²) < 4.78 is 12.5. The first-order valence-electron chi connectivity index (χ1n) is 20.8. The Kier molecular flexibility index (Phi) is 12.4. The highest BCUT2D eigenvalue weighted by Crippen LogP contribution is 2.48. The lowest BCUT2D eigenvalue weighted by molar-refractivity contribution is -0.401. The van der Waals surface area contributed by atoms with Crippen molar-refractivity contribution in [3.63, 3.8) is 0 Å². The van der Waals surface area contributed by atoms with Crippen molar-refractivity contribution in [1.82, 2.24) is 10.6 Å². The van der Waals surface area contributed by atoms with Crippen LogP contribution in [0.25, 0.3) is 0 Å². The van der Waals surface area contributed by atoms with Gasteiger partial charge in [-0.05, 0) is 104 Å². The molecule has 1 aliphatic carbocycles. The summed E-state index contributed by atoms with van der Waals surface area (Å²) in [7, 11) is 7.49. The quantitative estimate of drug-likeness (QED) is 0.0978. The fraction of sp³-hybridized carbons (Fsp3) is 0.314. The SMILES string of the molecule is COCCNC(=O)c1ccc2c(c1)C(C)(C)C(/C=C/C1=C(N(c3ccccc3)c3ccccc3)C(=C/C=C3/N(C)c4ccc(C(=O)NCCOC)cc4C3(C)C)/CC1)=[N+]2C. The summed E-state index contributed by atoms with van der Waals surface area (Å²) in [4.78, 5) is 30.7. The van der Waals surface area contributed by atoms with E-state index in [2.05, 4.69) is 164 Å². The Hall–Kier alpha value is -6.03. The molecule has 0 atom stereocenters. The van der Waals surface area contributed by atoms with E-state index in [1.807, 2.05) is 24.3 Å². The Morgan fingerprint density at radius 1 is 0.733 bits per heavy atom. The molecule has 0 saturated carbocycles. The van der Waals surface area contributed by atoms with Gasteiger partial charge in [-0.2, -0.15) is 4.58 Å². The van der Waals surface area contributed by atoms with Crippen molar-refractivity contribution in [3.8, 4) is 0 Å². The fourth-order valence-electron chi connectivity index (χ4n) is 8.94. The predicted molar refractivity (Wildman–Crippen MR) is 243 cm³/mol. The maximum atomic E-state index is 13.0. The van der Waals surface area contributed by atoms with Crippen molar-refractivity contribution < 1.29 is 23.6 Å². The first kappa shape index (κ1) is 42.1. The molecule has 0 bridgehead atoms. The van der Waals surface area contributed by atoms with E-state index in [1.54, 1.807) is 14.2 Å². The molecule has 0 fully saturated rings. The number of benzene rings is 4. The minimum Gasteiger partial charge on any atom is -0.383 e. The number of carbonyl (C=O) groups is 2. The van der Waals surface area contributed by atoms with Gasteiger partial charge in [-0.25, -0.2) is 0 Å². The Balaban J connectivity index is 1.29. The summed E-state index contributed by atoms with van der Waals surface area (Å²) in [5, 5.41) is 5.93. The van der Waals surface area contributed by atoms with E-state index < -0.39 is 0 Å². The number of allylic oxidation sites excluding steroid dienone is 7. The first-order chi connectivity index (χ1) is 28.9. The van der Waals surface area contributed by atoms with Crippen LogP contribution in [0.1, 0.15) is 72.4 Å². The van der Waals surface area contributed by atoms with E-state index in [0.29, 0.717) is 37.4 Å². The second kappa shape index (κ2) is 17.7. The molecule has 3 aliphatic rings. The molecule has 0 unspecified atom stereocenters. The van der Waals surface area contributed by atoms with Crippen LogP contribution < -0.4 is 20.4 Å². The lowest BCUT2D eigenvalue weighted by Gasteiger charge is -2.29. The molecule has 0 saturated heterocycles. The highest BCUT2D eigenvalue weighted by Gasteiger charge is 2.44. The molecule has 4 aromatic rings. The van der Waals surface area contributed by atoms with Crippen LogP contribution in [0.4, 0.5) is 22.7 Å². The Bertz CT molecular complexity index is 2380. The molecule has 9 heteroatoms. The molecule has 0 spiro atoms. The number of hydrogen-bond donors (Lipinski definition) is 2. The third-order valence-corrected chi connectivity index (χ3v) is 12.2. The van der Waals surface area contributed by atoms with Crippen LogP contribution in [-0.2, 0) is 20.3 Å². The van der Waals surface area contributed by atoms with Crippen molar-refractivity contribution >= 4 is 40.3 Å². The number of nitrogens with one attached hydrogen (secondary N) is 2. The zero-order valence-electron chi connectivity index (χ0n) is 36.3. The molecule has 7 rings (SSSR count). The van der Waals surface area contributed by atoms with E-state index >= 15 is 0 Å². The van der Waals surface area contributed by atoms with Crippen LogP contribution in [0.15, 0.2) is 144 Å². The molecule has 0 radical (unpaired) electrons. The van der Waals surface area contributed by atoms with Gasteiger partial charge in [-0.3, -0.25) is 9.59 Å². The number of methoxy groups -OCH3 is 2. The van der Waals surface area contributed by atoms with Gasteiger partial charge in [0.15, 0.2) is 5.71 Å². The number of ether oxygens (including phenoxy) is 2. The minimum absolute atomic E-state index is 0.101. The molecule has 9 nitrogen and oxygen atoms in total. The molecule has 2 aliphatic heterocycles. The zero-order valence-corrected chi connectivity index (χ0v) is 36.3. The number of likely N-dealkylation sites (N-methyl/N-ethyl adjacent to an activating group) is 1. The molecule has 310 valence electrons. The third-order valence-electron chi connectivity index (χ3n) is 12.2. The van der Waals surface area contributed by atoms with E-state index in [1.165, 1.54) is 11.1 Å². The number of fused-ring (bicyclic) bond motifs is 2. The second-order valence-corrected chi connectivity index (χ2v) is 16.7. The molecule has 2 N–H and O–H groups in total. The molecule has 60 heavy (non-hydrogen) atoms. The van der Waals surface area contributed by atoms with Crippen LogP contribution in [0.5, 0.6) is 0 Å². The highest BCUT2D eigenvalue weighted by atomic mass is 16.5. The van der Waals surface area contributed by atoms with Gasteiger partial charge >= 0.3 is 0 Å². The van der Waals surface area contributed by atoms with Gasteiger partial charge in [0.2, 0.25) is 5.69 Å². The summed E-state index contributed by atoms with van der Waals surface area (Å²) in [5.74, 6) is -0.202. The van der Waals surface area contributed by atoms with E-state index in [-0.39, 0.29) is 22.6 Å². The van der Waals surface area contributed by atoms with Crippen molar-refractivity contribution in [2.45, 2.75) is 51.4 Å². The molecule has 2 amide bonds. The van der Waals surface area contributed by atoms with Crippen molar-refractivity contribution in [2.75, 3.05) is 64.4 Å². The number of hydrogen-bond acceptors (Lipinski definition) is 6. The number of rotatable bonds is 14. The predicted octanol–water partition coefficient (Wildman–Crippen LogP) is 9.13. The number of nitrogens with zero attached hydrogens (tertiary/aromatic N) is 3. The normalized spacial score (nSPS) is 17.8. The molecular weight excluding hydrogens is 747 g/mol. The summed E-state index contributed by atoms with van der Waals surface area (Å²) in [6.45, 7) is 10.8. The first-order valence-corrected chi connectivity index (χ1v) is 20.8. The van der Waals surface area contributed by atoms with Crippen molar-refractivity contribution in [1.29, 1.82) is 0 Å².